The maximum absolute atomic E-state index is 13.5. The minimum atomic E-state index is -0.521. The van der Waals surface area contributed by atoms with Crippen molar-refractivity contribution in [2.24, 2.45) is 5.41 Å². The van der Waals surface area contributed by atoms with Crippen LogP contribution in [0.25, 0.3) is 0 Å². The molecule has 1 aromatic heterocycles. The fraction of sp³-hybridized carbons (Fsp3) is 0.250. The molecule has 0 spiro atoms. The molecule has 0 fully saturated rings. The van der Waals surface area contributed by atoms with Crippen LogP contribution in [0.5, 0.6) is 5.88 Å². The summed E-state index contributed by atoms with van der Waals surface area (Å²) in [4.78, 5) is 17.7. The summed E-state index contributed by atoms with van der Waals surface area (Å²) in [5, 5.41) is 3.09. The number of rotatable bonds is 3. The summed E-state index contributed by atoms with van der Waals surface area (Å²) in [6.07, 6.45) is 2.45. The zero-order chi connectivity index (χ0) is 19.3. The third kappa shape index (κ3) is 2.37. The summed E-state index contributed by atoms with van der Waals surface area (Å²) >= 11 is 0. The maximum atomic E-state index is 13.5. The number of aromatic nitrogens is 1. The van der Waals surface area contributed by atoms with E-state index >= 15 is 0 Å². The number of hydrogen-bond donors (Lipinski definition) is 1. The van der Waals surface area contributed by atoms with Crippen molar-refractivity contribution in [1.82, 2.24) is 4.98 Å². The van der Waals surface area contributed by atoms with E-state index in [9.17, 15) is 4.79 Å². The normalized spacial score (nSPS) is 24.2. The average molecular weight is 370 g/mol. The fourth-order valence-electron chi connectivity index (χ4n) is 5.04. The van der Waals surface area contributed by atoms with E-state index in [1.54, 1.807) is 19.4 Å². The fourth-order valence-corrected chi connectivity index (χ4v) is 5.04. The van der Waals surface area contributed by atoms with Crippen LogP contribution in [0.2, 0.25) is 0 Å². The van der Waals surface area contributed by atoms with Crippen molar-refractivity contribution < 1.29 is 9.53 Å². The lowest BCUT2D eigenvalue weighted by Gasteiger charge is -2.50. The van der Waals surface area contributed by atoms with Gasteiger partial charge in [-0.2, -0.15) is 0 Å². The largest absolute Gasteiger partial charge is 0.481 e. The molecule has 4 heteroatoms. The van der Waals surface area contributed by atoms with Crippen LogP contribution in [0, 0.1) is 5.41 Å². The van der Waals surface area contributed by atoms with Crippen molar-refractivity contribution >= 4 is 11.6 Å². The molecule has 2 aromatic carbocycles. The molecular weight excluding hydrogens is 348 g/mol. The van der Waals surface area contributed by atoms with Gasteiger partial charge in [0.15, 0.2) is 0 Å². The van der Waals surface area contributed by atoms with E-state index in [4.69, 9.17) is 4.74 Å². The first-order valence-electron chi connectivity index (χ1n) is 9.61. The number of anilines is 1. The molecule has 1 heterocycles. The summed E-state index contributed by atoms with van der Waals surface area (Å²) in [5.41, 5.74) is 5.46. The second kappa shape index (κ2) is 6.20. The van der Waals surface area contributed by atoms with E-state index in [1.807, 2.05) is 6.07 Å². The third-order valence-corrected chi connectivity index (χ3v) is 6.35. The molecule has 1 unspecified atom stereocenters. The van der Waals surface area contributed by atoms with Crippen LogP contribution in [0.1, 0.15) is 47.4 Å². The highest BCUT2D eigenvalue weighted by molar-refractivity contribution is 5.97. The van der Waals surface area contributed by atoms with E-state index < -0.39 is 5.41 Å². The van der Waals surface area contributed by atoms with Crippen molar-refractivity contribution in [3.05, 3.63) is 89.1 Å². The zero-order valence-electron chi connectivity index (χ0n) is 16.0. The van der Waals surface area contributed by atoms with Gasteiger partial charge in [0.1, 0.15) is 0 Å². The number of amides is 1. The van der Waals surface area contributed by atoms with Gasteiger partial charge in [0, 0.05) is 17.9 Å². The highest BCUT2D eigenvalue weighted by Crippen LogP contribution is 2.61. The molecule has 1 amide bonds. The van der Waals surface area contributed by atoms with Crippen molar-refractivity contribution in [1.29, 1.82) is 0 Å². The molecule has 0 radical (unpaired) electrons. The molecule has 140 valence electrons. The van der Waals surface area contributed by atoms with Crippen LogP contribution in [-0.2, 0) is 4.79 Å². The van der Waals surface area contributed by atoms with Gasteiger partial charge >= 0.3 is 0 Å². The average Bonchev–Trinajstić information content (AvgIpc) is 2.74. The van der Waals surface area contributed by atoms with Crippen LogP contribution < -0.4 is 10.1 Å². The Hall–Kier alpha value is -3.14. The van der Waals surface area contributed by atoms with Crippen molar-refractivity contribution in [3.63, 3.8) is 0 Å². The lowest BCUT2D eigenvalue weighted by atomic mass is 9.52. The number of nitrogens with one attached hydrogen (secondary N) is 1. The van der Waals surface area contributed by atoms with E-state index in [2.05, 4.69) is 65.8 Å². The minimum Gasteiger partial charge on any atom is -0.481 e. The first kappa shape index (κ1) is 17.0. The van der Waals surface area contributed by atoms with Gasteiger partial charge in [-0.15, -0.1) is 0 Å². The van der Waals surface area contributed by atoms with E-state index in [0.29, 0.717) is 11.6 Å². The quantitative estimate of drug-likeness (QED) is 0.726. The molecule has 3 aliphatic carbocycles. The second-order valence-electron chi connectivity index (χ2n) is 7.91. The van der Waals surface area contributed by atoms with Crippen molar-refractivity contribution in [2.45, 2.75) is 25.2 Å². The van der Waals surface area contributed by atoms with Crippen LogP contribution in [0.15, 0.2) is 66.9 Å². The van der Waals surface area contributed by atoms with Gasteiger partial charge in [-0.3, -0.25) is 4.79 Å². The van der Waals surface area contributed by atoms with Crippen molar-refractivity contribution in [3.8, 4) is 5.88 Å². The smallest absolute Gasteiger partial charge is 0.231 e. The summed E-state index contributed by atoms with van der Waals surface area (Å²) in [6.45, 7) is 2.10. The highest BCUT2D eigenvalue weighted by atomic mass is 16.5. The first-order chi connectivity index (χ1) is 13.6. The summed E-state index contributed by atoms with van der Waals surface area (Å²) in [7, 11) is 1.58. The number of hydrogen-bond acceptors (Lipinski definition) is 3. The van der Waals surface area contributed by atoms with E-state index in [-0.39, 0.29) is 17.7 Å². The van der Waals surface area contributed by atoms with Gasteiger partial charge < -0.3 is 10.1 Å². The summed E-state index contributed by atoms with van der Waals surface area (Å²) in [6, 6.07) is 20.7. The van der Waals surface area contributed by atoms with E-state index in [0.717, 1.165) is 6.42 Å². The van der Waals surface area contributed by atoms with Gasteiger partial charge in [0.25, 0.3) is 0 Å². The lowest BCUT2D eigenvalue weighted by Crippen LogP contribution is -2.47. The number of benzene rings is 2. The Balaban J connectivity index is 1.56. The summed E-state index contributed by atoms with van der Waals surface area (Å²) < 4.78 is 5.10. The zero-order valence-corrected chi connectivity index (χ0v) is 16.0. The molecule has 1 atom stereocenters. The SMILES string of the molecule is COc1ccc(NC(=O)C2(C)CC3c4ccccc4C2c2ccccc23)cn1. The first-order valence-corrected chi connectivity index (χ1v) is 9.61. The monoisotopic (exact) mass is 370 g/mol. The Kier molecular flexibility index (Phi) is 3.76. The lowest BCUT2D eigenvalue weighted by molar-refractivity contribution is -0.126. The molecular formula is C24H22N2O2. The summed E-state index contributed by atoms with van der Waals surface area (Å²) in [5.74, 6) is 0.875. The Morgan fingerprint density at radius 2 is 1.61 bits per heavy atom. The van der Waals surface area contributed by atoms with Gasteiger partial charge in [-0.05, 0) is 41.7 Å². The highest BCUT2D eigenvalue weighted by Gasteiger charge is 2.53. The Labute approximate surface area is 164 Å². The Bertz CT molecular complexity index is 1010. The number of carbonyl (C=O) groups is 1. The number of ether oxygens (including phenoxy) is 1. The third-order valence-electron chi connectivity index (χ3n) is 6.35. The molecule has 3 aromatic rings. The second-order valence-corrected chi connectivity index (χ2v) is 7.91. The molecule has 6 rings (SSSR count). The molecule has 4 nitrogen and oxygen atoms in total. The van der Waals surface area contributed by atoms with Gasteiger partial charge in [0.2, 0.25) is 11.8 Å². The van der Waals surface area contributed by atoms with E-state index in [1.165, 1.54) is 22.3 Å². The van der Waals surface area contributed by atoms with Crippen molar-refractivity contribution in [2.75, 3.05) is 12.4 Å². The molecule has 0 aliphatic heterocycles. The molecule has 0 saturated heterocycles. The van der Waals surface area contributed by atoms with Gasteiger partial charge in [0.05, 0.1) is 24.4 Å². The molecule has 28 heavy (non-hydrogen) atoms. The predicted octanol–water partition coefficient (Wildman–Crippen LogP) is 4.72. The Morgan fingerprint density at radius 3 is 2.14 bits per heavy atom. The maximum Gasteiger partial charge on any atom is 0.231 e. The molecule has 2 bridgehead atoms. The number of fused-ring (bicyclic) bond motifs is 1. The van der Waals surface area contributed by atoms with Crippen LogP contribution in [0.4, 0.5) is 5.69 Å². The Morgan fingerprint density at radius 1 is 1.00 bits per heavy atom. The number of nitrogens with zero attached hydrogens (tertiary/aromatic N) is 1. The van der Waals surface area contributed by atoms with Crippen LogP contribution >= 0.6 is 0 Å². The number of methoxy groups -OCH3 is 1. The molecule has 0 saturated carbocycles. The predicted molar refractivity (Wildman–Crippen MR) is 109 cm³/mol. The molecule has 3 aliphatic rings. The van der Waals surface area contributed by atoms with Gasteiger partial charge in [-0.25, -0.2) is 4.98 Å². The standard InChI is InChI=1S/C24H22N2O2/c1-24(23(27)26-15-11-12-21(28-2)25-14-15)13-20-16-7-3-5-9-18(16)22(24)19-10-6-4-8-17(19)20/h3-12,14,20,22H,13H2,1-2H3,(H,26,27). The van der Waals surface area contributed by atoms with Crippen LogP contribution in [-0.4, -0.2) is 18.0 Å². The van der Waals surface area contributed by atoms with Crippen LogP contribution in [0.3, 0.4) is 0 Å². The number of carbonyl (C=O) groups excluding carboxylic acids is 1. The topological polar surface area (TPSA) is 51.2 Å². The number of pyridine rings is 1. The molecule has 1 N–H and O–H groups in total. The van der Waals surface area contributed by atoms with Gasteiger partial charge in [-0.1, -0.05) is 48.5 Å². The minimum absolute atomic E-state index is 0.0403.